The van der Waals surface area contributed by atoms with Gasteiger partial charge in [0.1, 0.15) is 0 Å². The van der Waals surface area contributed by atoms with Gasteiger partial charge >= 0.3 is 0 Å². The van der Waals surface area contributed by atoms with E-state index in [4.69, 9.17) is 9.47 Å². The van der Waals surface area contributed by atoms with Crippen molar-refractivity contribution in [3.8, 4) is 11.5 Å². The molecule has 3 atom stereocenters. The van der Waals surface area contributed by atoms with Gasteiger partial charge in [-0.15, -0.1) is 0 Å². The quantitative estimate of drug-likeness (QED) is 0.678. The molecule has 8 nitrogen and oxygen atoms in total. The molecule has 0 aliphatic carbocycles. The predicted molar refractivity (Wildman–Crippen MR) is 100 cm³/mol. The van der Waals surface area contributed by atoms with Crippen LogP contribution in [0.3, 0.4) is 0 Å². The summed E-state index contributed by atoms with van der Waals surface area (Å²) in [6, 6.07) is 3.73. The van der Waals surface area contributed by atoms with E-state index < -0.39 is 16.1 Å². The first-order valence-corrected chi connectivity index (χ1v) is 10.8. The van der Waals surface area contributed by atoms with Crippen LogP contribution in [0.4, 0.5) is 0 Å². The van der Waals surface area contributed by atoms with Gasteiger partial charge in [0.05, 0.1) is 24.2 Å². The van der Waals surface area contributed by atoms with Crippen molar-refractivity contribution in [3.63, 3.8) is 0 Å². The largest absolute Gasteiger partial charge is 0.490 e. The normalized spacial score (nSPS) is 23.9. The second kappa shape index (κ2) is 8.45. The van der Waals surface area contributed by atoms with Gasteiger partial charge in [0, 0.05) is 24.6 Å². The first-order chi connectivity index (χ1) is 12.9. The van der Waals surface area contributed by atoms with Crippen molar-refractivity contribution >= 4 is 15.9 Å². The number of hydrogen-bond acceptors (Lipinski definition) is 6. The summed E-state index contributed by atoms with van der Waals surface area (Å²) >= 11 is 0. The summed E-state index contributed by atoms with van der Waals surface area (Å²) in [7, 11) is -3.87. The van der Waals surface area contributed by atoms with Crippen LogP contribution < -0.4 is 24.8 Å². The van der Waals surface area contributed by atoms with Crippen molar-refractivity contribution in [2.75, 3.05) is 19.8 Å². The second-order valence-electron chi connectivity index (χ2n) is 7.00. The smallest absolute Gasteiger partial charge is 0.241 e. The molecule has 9 heteroatoms. The van der Waals surface area contributed by atoms with Gasteiger partial charge in [-0.05, 0) is 45.4 Å². The lowest BCUT2D eigenvalue weighted by atomic mass is 9.99. The molecule has 2 aliphatic heterocycles. The zero-order chi connectivity index (χ0) is 19.4. The van der Waals surface area contributed by atoms with Crippen molar-refractivity contribution < 1.29 is 22.7 Å². The average Bonchev–Trinajstić information content (AvgIpc) is 2.88. The van der Waals surface area contributed by atoms with E-state index in [1.54, 1.807) is 6.07 Å². The Balaban J connectivity index is 1.66. The summed E-state index contributed by atoms with van der Waals surface area (Å²) in [6.45, 7) is 5.48. The fraction of sp³-hybridized carbons (Fsp3) is 0.611. The number of carbonyl (C=O) groups excluding carboxylic acids is 1. The van der Waals surface area contributed by atoms with Gasteiger partial charge in [-0.3, -0.25) is 4.79 Å². The van der Waals surface area contributed by atoms with E-state index in [9.17, 15) is 13.2 Å². The van der Waals surface area contributed by atoms with Gasteiger partial charge in [0.2, 0.25) is 15.9 Å². The zero-order valence-electron chi connectivity index (χ0n) is 15.7. The van der Waals surface area contributed by atoms with Crippen LogP contribution in [0.5, 0.6) is 11.5 Å². The molecule has 1 saturated heterocycles. The Kier molecular flexibility index (Phi) is 6.23. The van der Waals surface area contributed by atoms with Crippen LogP contribution in [0.2, 0.25) is 0 Å². The molecule has 2 aliphatic rings. The highest BCUT2D eigenvalue weighted by Crippen LogP contribution is 2.31. The Hall–Kier alpha value is -1.84. The highest BCUT2D eigenvalue weighted by molar-refractivity contribution is 7.89. The number of nitrogens with one attached hydrogen (secondary N) is 3. The molecule has 3 rings (SSSR count). The number of benzene rings is 1. The maximum absolute atomic E-state index is 12.7. The van der Waals surface area contributed by atoms with Crippen molar-refractivity contribution in [1.82, 2.24) is 15.4 Å². The third kappa shape index (κ3) is 4.91. The number of amides is 1. The molecule has 0 saturated carbocycles. The number of carbonyl (C=O) groups is 1. The molecule has 1 aromatic carbocycles. The van der Waals surface area contributed by atoms with E-state index in [1.165, 1.54) is 19.1 Å². The summed E-state index contributed by atoms with van der Waals surface area (Å²) < 4.78 is 38.9. The van der Waals surface area contributed by atoms with Crippen LogP contribution in [-0.2, 0) is 14.8 Å². The number of piperidine rings is 1. The van der Waals surface area contributed by atoms with E-state index in [-0.39, 0.29) is 22.9 Å². The summed E-state index contributed by atoms with van der Waals surface area (Å²) in [5.74, 6) is 0.582. The minimum atomic E-state index is -3.87. The molecule has 1 amide bonds. The topological polar surface area (TPSA) is 106 Å². The SMILES string of the molecule is CC(NS(=O)(=O)c1ccc2c(c1)OCCCO2)C(=O)NC1CCCNC1C. The molecule has 1 aromatic rings. The standard InChI is InChI=1S/C18H27N3O5S/c1-12-15(5-3-8-19-12)20-18(22)13(2)21-27(23,24)14-6-7-16-17(11-14)26-10-4-9-25-16/h6-7,11-13,15,19,21H,3-5,8-10H2,1-2H3,(H,20,22). The third-order valence-electron chi connectivity index (χ3n) is 4.84. The van der Waals surface area contributed by atoms with Crippen LogP contribution in [0.1, 0.15) is 33.1 Å². The molecule has 3 N–H and O–H groups in total. The monoisotopic (exact) mass is 397 g/mol. The van der Waals surface area contributed by atoms with Gasteiger partial charge in [-0.2, -0.15) is 4.72 Å². The fourth-order valence-electron chi connectivity index (χ4n) is 3.21. The van der Waals surface area contributed by atoms with E-state index in [0.717, 1.165) is 25.8 Å². The first kappa shape index (κ1) is 19.9. The van der Waals surface area contributed by atoms with Crippen LogP contribution in [0, 0.1) is 0 Å². The number of fused-ring (bicyclic) bond motifs is 1. The molecule has 0 bridgehead atoms. The highest BCUT2D eigenvalue weighted by Gasteiger charge is 2.27. The molecule has 0 aromatic heterocycles. The number of rotatable bonds is 5. The summed E-state index contributed by atoms with van der Waals surface area (Å²) in [5.41, 5.74) is 0. The lowest BCUT2D eigenvalue weighted by molar-refractivity contribution is -0.123. The Labute approximate surface area is 160 Å². The Bertz CT molecular complexity index is 783. The maximum atomic E-state index is 12.7. The van der Waals surface area contributed by atoms with Crippen LogP contribution in [-0.4, -0.2) is 52.2 Å². The van der Waals surface area contributed by atoms with Crippen LogP contribution >= 0.6 is 0 Å². The van der Waals surface area contributed by atoms with Gasteiger partial charge in [0.25, 0.3) is 0 Å². The highest BCUT2D eigenvalue weighted by atomic mass is 32.2. The Morgan fingerprint density at radius 3 is 2.70 bits per heavy atom. The second-order valence-corrected chi connectivity index (χ2v) is 8.72. The molecule has 0 radical (unpaired) electrons. The Morgan fingerprint density at radius 2 is 1.96 bits per heavy atom. The van der Waals surface area contributed by atoms with E-state index >= 15 is 0 Å². The predicted octanol–water partition coefficient (Wildman–Crippen LogP) is 0.771. The maximum Gasteiger partial charge on any atom is 0.241 e. The van der Waals surface area contributed by atoms with Crippen LogP contribution in [0.25, 0.3) is 0 Å². The van der Waals surface area contributed by atoms with Crippen LogP contribution in [0.15, 0.2) is 23.1 Å². The number of sulfonamides is 1. The van der Waals surface area contributed by atoms with Gasteiger partial charge in [0.15, 0.2) is 11.5 Å². The average molecular weight is 397 g/mol. The molecular weight excluding hydrogens is 370 g/mol. The first-order valence-electron chi connectivity index (χ1n) is 9.32. The van der Waals surface area contributed by atoms with Crippen molar-refractivity contribution in [2.45, 2.75) is 56.1 Å². The molecule has 0 spiro atoms. The van der Waals surface area contributed by atoms with Crippen molar-refractivity contribution in [3.05, 3.63) is 18.2 Å². The summed E-state index contributed by atoms with van der Waals surface area (Å²) in [4.78, 5) is 12.5. The van der Waals surface area contributed by atoms with Crippen molar-refractivity contribution in [2.24, 2.45) is 0 Å². The van der Waals surface area contributed by atoms with E-state index in [1.807, 2.05) is 6.92 Å². The van der Waals surface area contributed by atoms with E-state index in [2.05, 4.69) is 15.4 Å². The molecular formula is C18H27N3O5S. The van der Waals surface area contributed by atoms with Crippen molar-refractivity contribution in [1.29, 1.82) is 0 Å². The molecule has 3 unspecified atom stereocenters. The van der Waals surface area contributed by atoms with Gasteiger partial charge in [-0.1, -0.05) is 0 Å². The van der Waals surface area contributed by atoms with E-state index in [0.29, 0.717) is 24.7 Å². The zero-order valence-corrected chi connectivity index (χ0v) is 16.5. The van der Waals surface area contributed by atoms with Gasteiger partial charge in [-0.25, -0.2) is 8.42 Å². The minimum Gasteiger partial charge on any atom is -0.490 e. The molecule has 2 heterocycles. The lowest BCUT2D eigenvalue weighted by Crippen LogP contribution is -2.55. The molecule has 27 heavy (non-hydrogen) atoms. The minimum absolute atomic E-state index is 0.00347. The number of hydrogen-bond donors (Lipinski definition) is 3. The fourth-order valence-corrected chi connectivity index (χ4v) is 4.43. The third-order valence-corrected chi connectivity index (χ3v) is 6.38. The summed E-state index contributed by atoms with van der Waals surface area (Å²) in [5, 5.41) is 6.23. The number of ether oxygens (including phenoxy) is 2. The summed E-state index contributed by atoms with van der Waals surface area (Å²) in [6.07, 6.45) is 2.59. The lowest BCUT2D eigenvalue weighted by Gasteiger charge is -2.31. The van der Waals surface area contributed by atoms with Gasteiger partial charge < -0.3 is 20.1 Å². The molecule has 1 fully saturated rings. The Morgan fingerprint density at radius 1 is 1.22 bits per heavy atom. The molecule has 150 valence electrons.